The van der Waals surface area contributed by atoms with Crippen molar-refractivity contribution in [1.29, 1.82) is 0 Å². The van der Waals surface area contributed by atoms with Crippen LogP contribution in [0.4, 0.5) is 5.69 Å². The van der Waals surface area contributed by atoms with Crippen molar-refractivity contribution in [2.24, 2.45) is 5.92 Å². The molecule has 0 bridgehead atoms. The Kier molecular flexibility index (Phi) is 5.31. The monoisotopic (exact) mass is 343 g/mol. The second-order valence-electron chi connectivity index (χ2n) is 4.99. The Morgan fingerprint density at radius 1 is 1.65 bits per heavy atom. The lowest BCUT2D eigenvalue weighted by Crippen LogP contribution is -2.30. The maximum absolute atomic E-state index is 10.8. The van der Waals surface area contributed by atoms with Gasteiger partial charge in [-0.2, -0.15) is 0 Å². The molecule has 1 aliphatic rings. The zero-order valence-corrected chi connectivity index (χ0v) is 13.0. The first-order valence-electron chi connectivity index (χ1n) is 6.72. The Labute approximate surface area is 126 Å². The van der Waals surface area contributed by atoms with Crippen LogP contribution in [-0.2, 0) is 0 Å². The van der Waals surface area contributed by atoms with Crippen LogP contribution in [-0.4, -0.2) is 29.6 Å². The first-order valence-corrected chi connectivity index (χ1v) is 7.52. The summed E-state index contributed by atoms with van der Waals surface area (Å²) in [6.07, 6.45) is 4.66. The van der Waals surface area contributed by atoms with Crippen molar-refractivity contribution in [3.63, 3.8) is 0 Å². The fourth-order valence-electron chi connectivity index (χ4n) is 2.32. The lowest BCUT2D eigenvalue weighted by atomic mass is 9.97. The molecule has 1 aromatic heterocycles. The smallest absolute Gasteiger partial charge is 0.291 e. The van der Waals surface area contributed by atoms with Gasteiger partial charge in [0.2, 0.25) is 5.88 Å². The van der Waals surface area contributed by atoms with E-state index in [2.05, 4.69) is 26.2 Å². The van der Waals surface area contributed by atoms with Gasteiger partial charge in [0.05, 0.1) is 16.0 Å². The third-order valence-corrected chi connectivity index (χ3v) is 4.50. The number of halogens is 1. The predicted molar refractivity (Wildman–Crippen MR) is 79.0 cm³/mol. The molecule has 0 spiro atoms. The van der Waals surface area contributed by atoms with Crippen LogP contribution < -0.4 is 10.1 Å². The SMILES string of the molecule is Cc1c([N+](=O)[O-])cnc(OCCC2CCCNC2)c1Br. The highest BCUT2D eigenvalue weighted by molar-refractivity contribution is 9.10. The molecule has 0 aliphatic carbocycles. The highest BCUT2D eigenvalue weighted by atomic mass is 79.9. The highest BCUT2D eigenvalue weighted by Gasteiger charge is 2.18. The molecule has 1 unspecified atom stereocenters. The van der Waals surface area contributed by atoms with Gasteiger partial charge < -0.3 is 10.1 Å². The van der Waals surface area contributed by atoms with Crippen LogP contribution in [0.1, 0.15) is 24.8 Å². The van der Waals surface area contributed by atoms with Crippen molar-refractivity contribution in [3.05, 3.63) is 26.3 Å². The van der Waals surface area contributed by atoms with Gasteiger partial charge in [0, 0.05) is 5.56 Å². The molecule has 1 atom stereocenters. The van der Waals surface area contributed by atoms with Gasteiger partial charge in [-0.15, -0.1) is 0 Å². The molecule has 0 radical (unpaired) electrons. The summed E-state index contributed by atoms with van der Waals surface area (Å²) in [5.41, 5.74) is 0.542. The van der Waals surface area contributed by atoms with E-state index >= 15 is 0 Å². The molecular formula is C13H18BrN3O3. The zero-order chi connectivity index (χ0) is 14.5. The molecule has 2 rings (SSSR count). The molecule has 0 saturated carbocycles. The number of hydrogen-bond acceptors (Lipinski definition) is 5. The molecule has 6 nitrogen and oxygen atoms in total. The van der Waals surface area contributed by atoms with Gasteiger partial charge in [0.15, 0.2) is 0 Å². The molecule has 20 heavy (non-hydrogen) atoms. The minimum absolute atomic E-state index is 0.000653. The van der Waals surface area contributed by atoms with Crippen LogP contribution in [0.25, 0.3) is 0 Å². The number of pyridine rings is 1. The van der Waals surface area contributed by atoms with Crippen LogP contribution in [0.2, 0.25) is 0 Å². The van der Waals surface area contributed by atoms with E-state index in [0.29, 0.717) is 28.4 Å². The Bertz CT molecular complexity index is 490. The van der Waals surface area contributed by atoms with E-state index in [1.54, 1.807) is 6.92 Å². The Hall–Kier alpha value is -1.21. The van der Waals surface area contributed by atoms with E-state index in [1.165, 1.54) is 19.0 Å². The van der Waals surface area contributed by atoms with E-state index in [-0.39, 0.29) is 5.69 Å². The first kappa shape index (κ1) is 15.2. The van der Waals surface area contributed by atoms with E-state index in [9.17, 15) is 10.1 Å². The van der Waals surface area contributed by atoms with Crippen LogP contribution in [0.5, 0.6) is 5.88 Å². The number of aromatic nitrogens is 1. The summed E-state index contributed by atoms with van der Waals surface area (Å²) in [5, 5.41) is 14.2. The van der Waals surface area contributed by atoms with Gasteiger partial charge in [0.1, 0.15) is 6.20 Å². The molecule has 2 heterocycles. The van der Waals surface area contributed by atoms with Gasteiger partial charge in [0.25, 0.3) is 5.69 Å². The van der Waals surface area contributed by atoms with E-state index in [0.717, 1.165) is 19.5 Å². The van der Waals surface area contributed by atoms with Crippen molar-refractivity contribution in [2.75, 3.05) is 19.7 Å². The summed E-state index contributed by atoms with van der Waals surface area (Å²) in [6, 6.07) is 0. The third kappa shape index (κ3) is 3.67. The lowest BCUT2D eigenvalue weighted by molar-refractivity contribution is -0.385. The number of rotatable bonds is 5. The number of nitrogens with one attached hydrogen (secondary N) is 1. The summed E-state index contributed by atoms with van der Waals surface area (Å²) >= 11 is 3.32. The van der Waals surface area contributed by atoms with Gasteiger partial charge in [-0.25, -0.2) is 4.98 Å². The molecule has 1 N–H and O–H groups in total. The second-order valence-corrected chi connectivity index (χ2v) is 5.79. The minimum Gasteiger partial charge on any atom is -0.477 e. The fraction of sp³-hybridized carbons (Fsp3) is 0.615. The minimum atomic E-state index is -0.440. The molecule has 0 amide bonds. The van der Waals surface area contributed by atoms with Crippen molar-refractivity contribution in [3.8, 4) is 5.88 Å². The molecule has 1 saturated heterocycles. The summed E-state index contributed by atoms with van der Waals surface area (Å²) in [5.74, 6) is 1.07. The average Bonchev–Trinajstić information content (AvgIpc) is 2.44. The van der Waals surface area contributed by atoms with Crippen LogP contribution >= 0.6 is 15.9 Å². The van der Waals surface area contributed by atoms with Crippen LogP contribution in [0.3, 0.4) is 0 Å². The molecule has 1 aromatic rings. The quantitative estimate of drug-likeness (QED) is 0.657. The van der Waals surface area contributed by atoms with Crippen molar-refractivity contribution in [2.45, 2.75) is 26.2 Å². The number of ether oxygens (including phenoxy) is 1. The predicted octanol–water partition coefficient (Wildman–Crippen LogP) is 2.83. The molecular weight excluding hydrogens is 326 g/mol. The Balaban J connectivity index is 1.92. The zero-order valence-electron chi connectivity index (χ0n) is 11.4. The van der Waals surface area contributed by atoms with E-state index in [1.807, 2.05) is 0 Å². The maximum atomic E-state index is 10.8. The Morgan fingerprint density at radius 3 is 3.10 bits per heavy atom. The van der Waals surface area contributed by atoms with Gasteiger partial charge in [-0.05, 0) is 61.1 Å². The molecule has 0 aromatic carbocycles. The van der Waals surface area contributed by atoms with Crippen LogP contribution in [0, 0.1) is 23.0 Å². The van der Waals surface area contributed by atoms with E-state index in [4.69, 9.17) is 4.74 Å². The van der Waals surface area contributed by atoms with Gasteiger partial charge in [-0.3, -0.25) is 10.1 Å². The fourth-order valence-corrected chi connectivity index (χ4v) is 2.74. The number of hydrogen-bond donors (Lipinski definition) is 1. The molecule has 1 aliphatic heterocycles. The van der Waals surface area contributed by atoms with Crippen molar-refractivity contribution in [1.82, 2.24) is 10.3 Å². The topological polar surface area (TPSA) is 77.3 Å². The number of nitro groups is 1. The molecule has 7 heteroatoms. The molecule has 1 fully saturated rings. The summed E-state index contributed by atoms with van der Waals surface area (Å²) in [4.78, 5) is 14.4. The first-order chi connectivity index (χ1) is 9.59. The average molecular weight is 344 g/mol. The number of piperidine rings is 1. The molecule has 110 valence electrons. The lowest BCUT2D eigenvalue weighted by Gasteiger charge is -2.22. The highest BCUT2D eigenvalue weighted by Crippen LogP contribution is 2.32. The third-order valence-electron chi connectivity index (χ3n) is 3.57. The van der Waals surface area contributed by atoms with E-state index < -0.39 is 4.92 Å². The Morgan fingerprint density at radius 2 is 2.45 bits per heavy atom. The normalized spacial score (nSPS) is 18.8. The van der Waals surface area contributed by atoms with Crippen LogP contribution in [0.15, 0.2) is 10.7 Å². The summed E-state index contributed by atoms with van der Waals surface area (Å²) in [6.45, 7) is 4.40. The maximum Gasteiger partial charge on any atom is 0.291 e. The van der Waals surface area contributed by atoms with Crippen molar-refractivity contribution < 1.29 is 9.66 Å². The van der Waals surface area contributed by atoms with Gasteiger partial charge in [-0.1, -0.05) is 0 Å². The summed E-state index contributed by atoms with van der Waals surface area (Å²) in [7, 11) is 0. The van der Waals surface area contributed by atoms with Gasteiger partial charge >= 0.3 is 0 Å². The number of nitrogens with zero attached hydrogens (tertiary/aromatic N) is 2. The second kappa shape index (κ2) is 6.99. The summed E-state index contributed by atoms with van der Waals surface area (Å²) < 4.78 is 6.21. The largest absolute Gasteiger partial charge is 0.477 e. The standard InChI is InChI=1S/C13H18BrN3O3/c1-9-11(17(18)19)8-16-13(12(9)14)20-6-4-10-3-2-5-15-7-10/h8,10,15H,2-7H2,1H3. The van der Waals surface area contributed by atoms with Crippen molar-refractivity contribution >= 4 is 21.6 Å².